The number of nitrogens with zero attached hydrogens (tertiary/aromatic N) is 3. The summed E-state index contributed by atoms with van der Waals surface area (Å²) in [7, 11) is 1.87. The van der Waals surface area contributed by atoms with Gasteiger partial charge >= 0.3 is 0 Å². The van der Waals surface area contributed by atoms with Crippen molar-refractivity contribution in [3.8, 4) is 10.4 Å². The van der Waals surface area contributed by atoms with Crippen molar-refractivity contribution in [3.63, 3.8) is 0 Å². The lowest BCUT2D eigenvalue weighted by molar-refractivity contribution is -0.140. The minimum Gasteiger partial charge on any atom is -0.391 e. The number of aromatic nitrogens is 2. The Balaban J connectivity index is 1.32. The van der Waals surface area contributed by atoms with Crippen LogP contribution in [0, 0.1) is 13.8 Å². The van der Waals surface area contributed by atoms with Gasteiger partial charge in [-0.1, -0.05) is 29.4 Å². The summed E-state index contributed by atoms with van der Waals surface area (Å²) in [4.78, 5) is 34.3. The predicted octanol–water partition coefficient (Wildman–Crippen LogP) is 3.00. The third kappa shape index (κ3) is 9.89. The van der Waals surface area contributed by atoms with Gasteiger partial charge in [0.1, 0.15) is 17.7 Å². The second-order valence-corrected chi connectivity index (χ2v) is 12.0. The van der Waals surface area contributed by atoms with Crippen LogP contribution in [-0.2, 0) is 23.8 Å². The Labute approximate surface area is 268 Å². The summed E-state index contributed by atoms with van der Waals surface area (Å²) in [5, 5.41) is 20.6. The van der Waals surface area contributed by atoms with E-state index in [2.05, 4.69) is 20.8 Å². The quantitative estimate of drug-likeness (QED) is 0.177. The molecule has 45 heavy (non-hydrogen) atoms. The van der Waals surface area contributed by atoms with Crippen LogP contribution >= 0.6 is 11.3 Å². The van der Waals surface area contributed by atoms with Gasteiger partial charge in [-0.05, 0) is 45.4 Å². The van der Waals surface area contributed by atoms with Crippen molar-refractivity contribution in [2.75, 3.05) is 59.8 Å². The molecule has 246 valence electrons. The summed E-state index contributed by atoms with van der Waals surface area (Å²) in [6, 6.07) is 8.62. The monoisotopic (exact) mass is 643 g/mol. The zero-order chi connectivity index (χ0) is 32.2. The van der Waals surface area contributed by atoms with Crippen LogP contribution in [0.25, 0.3) is 10.4 Å². The number of amides is 2. The van der Waals surface area contributed by atoms with Crippen molar-refractivity contribution in [1.29, 1.82) is 0 Å². The van der Waals surface area contributed by atoms with Crippen molar-refractivity contribution in [3.05, 3.63) is 58.6 Å². The first kappa shape index (κ1) is 34.7. The van der Waals surface area contributed by atoms with Crippen LogP contribution in [0.1, 0.15) is 54.4 Å². The highest BCUT2D eigenvalue weighted by Crippen LogP contribution is 2.30. The zero-order valence-corrected chi connectivity index (χ0v) is 27.3. The number of ether oxygens (including phenoxy) is 3. The van der Waals surface area contributed by atoms with Gasteiger partial charge in [-0.15, -0.1) is 11.3 Å². The fraction of sp³-hybridized carbons (Fsp3) is 0.562. The second-order valence-electron chi connectivity index (χ2n) is 11.2. The number of likely N-dealkylation sites (N-methyl/N-ethyl adjacent to an activating group) is 1. The molecule has 2 amide bonds. The maximum absolute atomic E-state index is 13.9. The van der Waals surface area contributed by atoms with E-state index in [0.29, 0.717) is 50.9 Å². The molecule has 0 saturated carbocycles. The van der Waals surface area contributed by atoms with Gasteiger partial charge in [0.25, 0.3) is 0 Å². The molecule has 1 aliphatic heterocycles. The van der Waals surface area contributed by atoms with Gasteiger partial charge in [0.05, 0.1) is 67.0 Å². The maximum Gasteiger partial charge on any atom is 0.243 e. The van der Waals surface area contributed by atoms with E-state index in [4.69, 9.17) is 18.7 Å². The second kappa shape index (κ2) is 17.5. The topological polar surface area (TPSA) is 148 Å². The van der Waals surface area contributed by atoms with E-state index >= 15 is 0 Å². The molecule has 1 aliphatic rings. The Morgan fingerprint density at radius 2 is 1.78 bits per heavy atom. The number of nitrogens with one attached hydrogen (secondary N) is 2. The van der Waals surface area contributed by atoms with Gasteiger partial charge in [0.15, 0.2) is 0 Å². The van der Waals surface area contributed by atoms with Crippen LogP contribution in [0.4, 0.5) is 0 Å². The van der Waals surface area contributed by atoms with E-state index in [1.165, 1.54) is 4.90 Å². The van der Waals surface area contributed by atoms with E-state index in [9.17, 15) is 14.7 Å². The average Bonchev–Trinajstić information content (AvgIpc) is 3.77. The lowest BCUT2D eigenvalue weighted by Crippen LogP contribution is -2.48. The van der Waals surface area contributed by atoms with Gasteiger partial charge in [-0.2, -0.15) is 0 Å². The lowest BCUT2D eigenvalue weighted by atomic mass is 9.99. The van der Waals surface area contributed by atoms with Gasteiger partial charge in [-0.25, -0.2) is 4.98 Å². The van der Waals surface area contributed by atoms with Crippen LogP contribution in [0.5, 0.6) is 0 Å². The molecule has 3 heterocycles. The molecule has 12 nitrogen and oxygen atoms in total. The molecule has 0 spiro atoms. The largest absolute Gasteiger partial charge is 0.391 e. The van der Waals surface area contributed by atoms with Crippen molar-refractivity contribution >= 4 is 23.2 Å². The molecule has 1 unspecified atom stereocenters. The van der Waals surface area contributed by atoms with Crippen LogP contribution in [0.2, 0.25) is 0 Å². The fourth-order valence-electron chi connectivity index (χ4n) is 5.25. The summed E-state index contributed by atoms with van der Waals surface area (Å²) in [6.45, 7) is 9.18. The van der Waals surface area contributed by atoms with Crippen LogP contribution < -0.4 is 10.6 Å². The molecule has 3 aromatic rings. The lowest BCUT2D eigenvalue weighted by Gasteiger charge is -2.28. The summed E-state index contributed by atoms with van der Waals surface area (Å²) in [6.07, 6.45) is -0.332. The number of thiazole rings is 1. The number of carbonyl (C=O) groups is 2. The Hall–Kier alpha value is -3.20. The highest BCUT2D eigenvalue weighted by atomic mass is 32.1. The van der Waals surface area contributed by atoms with Crippen LogP contribution in [-0.4, -0.2) is 104 Å². The smallest absolute Gasteiger partial charge is 0.243 e. The number of rotatable bonds is 18. The number of aliphatic hydroxyl groups is 1. The number of likely N-dealkylation sites (tertiary alicyclic amines) is 1. The van der Waals surface area contributed by atoms with Crippen molar-refractivity contribution in [2.45, 2.75) is 57.7 Å². The molecule has 1 fully saturated rings. The molecule has 2 aromatic heterocycles. The first-order valence-electron chi connectivity index (χ1n) is 15.4. The number of β-amino-alcohol motifs (C(OH)–C–C–N with tert-alkyl or cyclic N) is 1. The third-order valence-corrected chi connectivity index (χ3v) is 8.70. The first-order chi connectivity index (χ1) is 21.8. The van der Waals surface area contributed by atoms with E-state index < -0.39 is 18.1 Å². The molecule has 4 rings (SSSR count). The fourth-order valence-corrected chi connectivity index (χ4v) is 6.07. The summed E-state index contributed by atoms with van der Waals surface area (Å²) in [5.74, 6) is -0.932. The molecule has 4 atom stereocenters. The van der Waals surface area contributed by atoms with E-state index in [1.807, 2.05) is 50.7 Å². The molecular weight excluding hydrogens is 598 g/mol. The number of benzene rings is 1. The van der Waals surface area contributed by atoms with Gasteiger partial charge in [0, 0.05) is 32.2 Å². The van der Waals surface area contributed by atoms with Gasteiger partial charge < -0.3 is 39.4 Å². The van der Waals surface area contributed by atoms with E-state index in [-0.39, 0.29) is 37.4 Å². The van der Waals surface area contributed by atoms with Crippen molar-refractivity contribution in [2.24, 2.45) is 0 Å². The Kier molecular flexibility index (Phi) is 13.5. The zero-order valence-electron chi connectivity index (χ0n) is 26.5. The SMILES string of the molecule is CNCCOCCOCCOCCC(C(=O)N1C[C@H](O)C[C@H]1C(=O)N[C@@H](C)c1ccc(-c2scnc2C)cc1)c1cc(C)no1. The normalized spacial score (nSPS) is 17.8. The molecule has 1 aromatic carbocycles. The van der Waals surface area contributed by atoms with Crippen molar-refractivity contribution < 1.29 is 33.4 Å². The standard InChI is InChI=1S/C32H45N5O7S/c1-21-17-29(44-36-21)27(9-11-41-13-15-43-16-14-42-12-10-33-4)32(40)37-19-26(38)18-28(37)31(39)35-22(2)24-5-7-25(8-6-24)30-23(3)34-20-45-30/h5-8,17,20,22,26-28,33,38H,9-16,18-19H2,1-4H3,(H,35,39)/t22-,26+,27?,28-/m0/s1. The van der Waals surface area contributed by atoms with Crippen LogP contribution in [0.3, 0.4) is 0 Å². The predicted molar refractivity (Wildman–Crippen MR) is 170 cm³/mol. The number of aliphatic hydroxyl groups excluding tert-OH is 1. The summed E-state index contributed by atoms with van der Waals surface area (Å²) < 4.78 is 22.2. The van der Waals surface area contributed by atoms with E-state index in [1.54, 1.807) is 24.3 Å². The van der Waals surface area contributed by atoms with E-state index in [0.717, 1.165) is 28.2 Å². The molecule has 13 heteroatoms. The number of hydrogen-bond acceptors (Lipinski definition) is 11. The molecule has 0 bridgehead atoms. The molecule has 1 saturated heterocycles. The van der Waals surface area contributed by atoms with Crippen LogP contribution in [0.15, 0.2) is 40.4 Å². The highest BCUT2D eigenvalue weighted by molar-refractivity contribution is 7.13. The van der Waals surface area contributed by atoms with Gasteiger partial charge in [-0.3, -0.25) is 9.59 Å². The number of hydrogen-bond donors (Lipinski definition) is 3. The van der Waals surface area contributed by atoms with Gasteiger partial charge in [0.2, 0.25) is 11.8 Å². The number of carbonyl (C=O) groups excluding carboxylic acids is 2. The molecule has 3 N–H and O–H groups in total. The Bertz CT molecular complexity index is 1350. The molecular formula is C32H45N5O7S. The third-order valence-electron chi connectivity index (χ3n) is 7.72. The van der Waals surface area contributed by atoms with Crippen molar-refractivity contribution in [1.82, 2.24) is 25.7 Å². The molecule has 0 aliphatic carbocycles. The first-order valence-corrected chi connectivity index (χ1v) is 16.3. The average molecular weight is 644 g/mol. The summed E-state index contributed by atoms with van der Waals surface area (Å²) >= 11 is 1.59. The number of aryl methyl sites for hydroxylation is 2. The highest BCUT2D eigenvalue weighted by Gasteiger charge is 2.42. The minimum absolute atomic E-state index is 0.0584. The maximum atomic E-state index is 13.9. The Morgan fingerprint density at radius 1 is 1.09 bits per heavy atom. The Morgan fingerprint density at radius 3 is 2.40 bits per heavy atom. The minimum atomic E-state index is -0.815. The molecule has 0 radical (unpaired) electrons. The summed E-state index contributed by atoms with van der Waals surface area (Å²) in [5.41, 5.74) is 5.46.